The molecule has 23 N–H and O–H groups in total. The van der Waals surface area contributed by atoms with Crippen LogP contribution in [0.3, 0.4) is 0 Å². The lowest BCUT2D eigenvalue weighted by Gasteiger charge is -2.50. The van der Waals surface area contributed by atoms with Gasteiger partial charge in [-0.2, -0.15) is 0 Å². The van der Waals surface area contributed by atoms with Crippen LogP contribution in [0.2, 0.25) is 0 Å². The highest BCUT2D eigenvalue weighted by atomic mass is 16.8. The maximum absolute atomic E-state index is 12.6. The van der Waals surface area contributed by atoms with Gasteiger partial charge in [0, 0.05) is 6.54 Å². The Kier molecular flexibility index (Phi) is 23.9. The topological polar surface area (TPSA) is 603 Å². The Bertz CT molecular complexity index is 2360. The van der Waals surface area contributed by atoms with Gasteiger partial charge in [0.1, 0.15) is 183 Å². The highest BCUT2D eigenvalue weighted by Crippen LogP contribution is 2.39. The van der Waals surface area contributed by atoms with E-state index < -0.39 is 273 Å². The monoisotopic (exact) mass is 1300 g/mol. The summed E-state index contributed by atoms with van der Waals surface area (Å²) in [7, 11) is 0. The van der Waals surface area contributed by atoms with Gasteiger partial charge < -0.3 is 184 Å². The number of hydrogen-bond donors (Lipinski definition) is 23. The van der Waals surface area contributed by atoms with Crippen molar-refractivity contribution in [2.45, 2.75) is 227 Å². The molecule has 0 spiro atoms. The van der Waals surface area contributed by atoms with Crippen LogP contribution in [0.5, 0.6) is 5.75 Å². The van der Waals surface area contributed by atoms with E-state index in [0.717, 1.165) is 0 Å². The number of phenols is 1. The zero-order chi connectivity index (χ0) is 64.6. The number of carbonyl (C=O) groups is 1. The first-order valence-corrected chi connectivity index (χ1v) is 28.5. The zero-order valence-electron chi connectivity index (χ0n) is 46.7. The van der Waals surface area contributed by atoms with Gasteiger partial charge in [-0.25, -0.2) is 0 Å². The lowest BCUT2D eigenvalue weighted by atomic mass is 9.95. The number of rotatable bonds is 12. The van der Waals surface area contributed by atoms with Gasteiger partial charge in [0.2, 0.25) is 0 Å². The van der Waals surface area contributed by atoms with Crippen molar-refractivity contribution >= 4 is 5.97 Å². The van der Waals surface area contributed by atoms with Gasteiger partial charge in [-0.05, 0) is 24.1 Å². The summed E-state index contributed by atoms with van der Waals surface area (Å²) in [5.41, 5.74) is 0.397. The largest absolute Gasteiger partial charge is 0.508 e. The van der Waals surface area contributed by atoms with Crippen LogP contribution in [0.25, 0.3) is 0 Å². The summed E-state index contributed by atoms with van der Waals surface area (Å²) in [6, 6.07) is 3.94. The Labute approximate surface area is 503 Å². The molecule has 0 radical (unpaired) electrons. The van der Waals surface area contributed by atoms with Crippen molar-refractivity contribution in [2.75, 3.05) is 46.2 Å². The summed E-state index contributed by atoms with van der Waals surface area (Å²) in [6.07, 6.45) is -72.4. The fourth-order valence-corrected chi connectivity index (χ4v) is 11.8. The van der Waals surface area contributed by atoms with E-state index in [1.807, 2.05) is 0 Å². The maximum atomic E-state index is 12.6. The molecule has 21 saturated heterocycles. The van der Waals surface area contributed by atoms with Crippen molar-refractivity contribution in [2.24, 2.45) is 0 Å². The molecular formula is C51H79NO37. The highest BCUT2D eigenvalue weighted by Gasteiger charge is 2.60. The second-order valence-electron chi connectivity index (χ2n) is 22.6. The number of aliphatic hydroxyl groups excluding tert-OH is 20. The van der Waals surface area contributed by atoms with Gasteiger partial charge >= 0.3 is 5.97 Å². The third-order valence-corrected chi connectivity index (χ3v) is 16.8. The molecule has 38 nitrogen and oxygen atoms in total. The predicted octanol–water partition coefficient (Wildman–Crippen LogP) is -14.2. The van der Waals surface area contributed by atoms with E-state index >= 15 is 0 Å². The Morgan fingerprint density at radius 1 is 0.326 bits per heavy atom. The standard InChI is InChI=1S/C51H79NO37/c53-7-17-38-25(62)32(69)47(78-17)86-40-19(9-55)80-49(34(71)27(40)64)88-42-21(11-57)82-51(36(73)29(42)66)89-43-22(12-58)81-50(35(72)28(43)65)87-41-20(10-56)79-48(33(70)26(41)63)85-39-18(8-54)77-46(31(68)24(39)61)83-37-16(76-45(84-38)30(67)23(37)60)6-52-15(44(74)75)5-13-1-3-14(59)4-2-13/h1-4,15-43,45-73H,5-12H2,(H,74,75)/t15-,16+,17+,18+,19+,20+,21+,22+,23+,24+,25+,26+,27+,28+,29+,30+,31+,32-,33+,34-,35+,36+,37+,38+,39+,40+,41+,42+,43+,45+,46+,47+,48+,49+,50+,51+/m0/s1. The molecule has 0 aromatic heterocycles. The number of aliphatic hydroxyl groups is 20. The molecule has 21 aliphatic rings. The first kappa shape index (κ1) is 70.4. The molecule has 0 aliphatic carbocycles. The van der Waals surface area contributed by atoms with Gasteiger partial charge in [-0.1, -0.05) is 12.1 Å². The van der Waals surface area contributed by atoms with Gasteiger partial charge in [0.05, 0.1) is 39.6 Å². The van der Waals surface area contributed by atoms with Crippen LogP contribution in [0.4, 0.5) is 0 Å². The van der Waals surface area contributed by atoms with Crippen molar-refractivity contribution in [3.05, 3.63) is 29.8 Å². The Hall–Kier alpha value is -2.91. The number of nitrogens with one attached hydrogen (secondary N) is 1. The summed E-state index contributed by atoms with van der Waals surface area (Å²) in [4.78, 5) is 12.6. The number of phenolic OH excluding ortho intramolecular Hbond substituents is 1. The number of benzene rings is 1. The van der Waals surface area contributed by atoms with Gasteiger partial charge in [-0.3, -0.25) is 4.79 Å². The molecule has 0 unspecified atom stereocenters. The van der Waals surface area contributed by atoms with E-state index in [2.05, 4.69) is 5.32 Å². The summed E-state index contributed by atoms with van der Waals surface area (Å²) in [6.45, 7) is -7.18. The smallest absolute Gasteiger partial charge is 0.321 e. The minimum atomic E-state index is -2.30. The average molecular weight is 1300 g/mol. The van der Waals surface area contributed by atoms with E-state index in [1.54, 1.807) is 0 Å². The minimum absolute atomic E-state index is 0.133. The van der Waals surface area contributed by atoms with Crippen molar-refractivity contribution in [3.63, 3.8) is 0 Å². The van der Waals surface area contributed by atoms with Crippen molar-refractivity contribution < 1.29 is 183 Å². The second-order valence-corrected chi connectivity index (χ2v) is 22.6. The molecule has 510 valence electrons. The van der Waals surface area contributed by atoms with E-state index in [0.29, 0.717) is 5.56 Å². The number of hydrogen-bond acceptors (Lipinski definition) is 37. The molecule has 36 atom stereocenters. The normalized spacial score (nSPS) is 49.8. The van der Waals surface area contributed by atoms with E-state index in [4.69, 9.17) is 66.3 Å². The fourth-order valence-electron chi connectivity index (χ4n) is 11.8. The summed E-state index contributed by atoms with van der Waals surface area (Å²) >= 11 is 0. The molecule has 21 aliphatic heterocycles. The van der Waals surface area contributed by atoms with Crippen LogP contribution in [0.1, 0.15) is 5.56 Å². The molecule has 0 saturated carbocycles. The number of ether oxygens (including phenoxy) is 14. The maximum Gasteiger partial charge on any atom is 0.321 e. The summed E-state index contributed by atoms with van der Waals surface area (Å²) in [5, 5.41) is 247. The van der Waals surface area contributed by atoms with Crippen molar-refractivity contribution in [1.29, 1.82) is 0 Å². The molecule has 14 bridgehead atoms. The van der Waals surface area contributed by atoms with E-state index in [1.165, 1.54) is 24.3 Å². The Morgan fingerprint density at radius 3 is 0.730 bits per heavy atom. The van der Waals surface area contributed by atoms with Crippen LogP contribution in [0, 0.1) is 0 Å². The third kappa shape index (κ3) is 14.7. The fraction of sp³-hybridized carbons (Fsp3) is 0.863. The van der Waals surface area contributed by atoms with Crippen molar-refractivity contribution in [1.82, 2.24) is 5.32 Å². The number of carboxylic acid groups (broad SMARTS) is 1. The predicted molar refractivity (Wildman–Crippen MR) is 273 cm³/mol. The molecule has 21 fully saturated rings. The molecular weight excluding hydrogens is 1220 g/mol. The molecule has 1 aromatic carbocycles. The first-order valence-electron chi connectivity index (χ1n) is 28.5. The molecule has 0 amide bonds. The molecule has 21 heterocycles. The molecule has 1 aromatic rings. The second kappa shape index (κ2) is 30.2. The Morgan fingerprint density at radius 2 is 0.528 bits per heavy atom. The number of carboxylic acids is 1. The Balaban J connectivity index is 1.02. The number of aromatic hydroxyl groups is 1. The van der Waals surface area contributed by atoms with Crippen LogP contribution >= 0.6 is 0 Å². The lowest BCUT2D eigenvalue weighted by molar-refractivity contribution is -0.396. The molecule has 89 heavy (non-hydrogen) atoms. The minimum Gasteiger partial charge on any atom is -0.508 e. The third-order valence-electron chi connectivity index (χ3n) is 16.8. The SMILES string of the molecule is O=C(O)[C@H](Cc1ccc(O)cc1)NC[C@H]1O[C@@H]2O[C@H]3[C@H](O)[C@H](O)[C@@H](O[C@H]4[C@H](O)[C@H](O)[C@@H](O[C@H]5[C@H](O)[C@@H](O)[C@@H](O[C@H]6[C@H](O)[C@@H](O)[C@@H](O[C@H]7[C@H](O)[C@@H](O)[C@@H](O[C@H]8[C@H](O)[C@@H](O)[C@@H](O[C@H]1[C@H](O)[C@H]2O)O[C@@H]8CO)O[C@@H]7CO)O[C@@H]6CO)O[C@@H]5CO)O[C@@H]4CO)O[C@@H]3CO. The van der Waals surface area contributed by atoms with Crippen LogP contribution in [-0.2, 0) is 77.5 Å². The average Bonchev–Trinajstić information content (AvgIpc) is 0.971. The van der Waals surface area contributed by atoms with Crippen molar-refractivity contribution in [3.8, 4) is 5.75 Å². The van der Waals surface area contributed by atoms with Crippen LogP contribution in [0.15, 0.2) is 24.3 Å². The van der Waals surface area contributed by atoms with Gasteiger partial charge in [0.15, 0.2) is 44.0 Å². The van der Waals surface area contributed by atoms with E-state index in [-0.39, 0.29) is 12.2 Å². The van der Waals surface area contributed by atoms with Crippen LogP contribution < -0.4 is 5.32 Å². The van der Waals surface area contributed by atoms with Crippen LogP contribution in [-0.4, -0.2) is 385 Å². The highest BCUT2D eigenvalue weighted by molar-refractivity contribution is 5.74. The summed E-state index contributed by atoms with van der Waals surface area (Å²) in [5.74, 6) is -1.57. The summed E-state index contributed by atoms with van der Waals surface area (Å²) < 4.78 is 81.0. The molecule has 22 rings (SSSR count). The van der Waals surface area contributed by atoms with Gasteiger partial charge in [-0.15, -0.1) is 0 Å². The zero-order valence-corrected chi connectivity index (χ0v) is 46.7. The first-order chi connectivity index (χ1) is 42.4. The van der Waals surface area contributed by atoms with E-state index in [9.17, 15) is 117 Å². The number of aliphatic carboxylic acids is 1. The van der Waals surface area contributed by atoms with Gasteiger partial charge in [0.25, 0.3) is 0 Å². The lowest BCUT2D eigenvalue weighted by Crippen LogP contribution is -2.68. The molecule has 38 heteroatoms. The quantitative estimate of drug-likeness (QED) is 0.0924.